The van der Waals surface area contributed by atoms with Gasteiger partial charge in [0, 0.05) is 23.7 Å². The van der Waals surface area contributed by atoms with Crippen LogP contribution in [0.5, 0.6) is 0 Å². The number of fused-ring (bicyclic) bond motifs is 1. The van der Waals surface area contributed by atoms with Crippen LogP contribution >= 0.6 is 12.0 Å². The number of nitro benzene ring substituents is 1. The van der Waals surface area contributed by atoms with Gasteiger partial charge in [-0.15, -0.1) is 0 Å². The predicted octanol–water partition coefficient (Wildman–Crippen LogP) is 3.93. The molecule has 142 valence electrons. The highest BCUT2D eigenvalue weighted by Gasteiger charge is 2.55. The summed E-state index contributed by atoms with van der Waals surface area (Å²) in [5.74, 6) is 0.476. The Kier molecular flexibility index (Phi) is 4.98. The molecule has 0 spiro atoms. The standard InChI is InChI=1S/C19H25NO5S/c21-14-8-4-12(5-9-14)19(13-6-10-15(22)11-7-13)16-2-1-3-17(20(23)24)18(16)26-25-19/h1-3,12-15,21-22H,4-11H2. The molecule has 7 heteroatoms. The van der Waals surface area contributed by atoms with E-state index in [1.165, 1.54) is 0 Å². The Hall–Kier alpha value is -1.15. The van der Waals surface area contributed by atoms with Crippen LogP contribution in [0.25, 0.3) is 0 Å². The largest absolute Gasteiger partial charge is 0.393 e. The van der Waals surface area contributed by atoms with Crippen molar-refractivity contribution in [3.63, 3.8) is 0 Å². The third-order valence-electron chi connectivity index (χ3n) is 6.48. The predicted molar refractivity (Wildman–Crippen MR) is 97.6 cm³/mol. The maximum atomic E-state index is 11.5. The van der Waals surface area contributed by atoms with Gasteiger partial charge in [0.15, 0.2) is 0 Å². The molecule has 2 fully saturated rings. The summed E-state index contributed by atoms with van der Waals surface area (Å²) in [6, 6.07) is 5.29. The van der Waals surface area contributed by atoms with Crippen LogP contribution in [0.3, 0.4) is 0 Å². The summed E-state index contributed by atoms with van der Waals surface area (Å²) in [6.45, 7) is 0. The summed E-state index contributed by atoms with van der Waals surface area (Å²) in [5.41, 5.74) is 0.507. The molecule has 26 heavy (non-hydrogen) atoms. The van der Waals surface area contributed by atoms with Gasteiger partial charge in [-0.25, -0.2) is 0 Å². The summed E-state index contributed by atoms with van der Waals surface area (Å²) in [7, 11) is 0. The fourth-order valence-corrected chi connectivity index (χ4v) is 6.27. The zero-order valence-corrected chi connectivity index (χ0v) is 15.5. The Bertz CT molecular complexity index is 659. The van der Waals surface area contributed by atoms with Crippen molar-refractivity contribution in [2.75, 3.05) is 0 Å². The van der Waals surface area contributed by atoms with E-state index in [0.29, 0.717) is 4.90 Å². The summed E-state index contributed by atoms with van der Waals surface area (Å²) >= 11 is 1.15. The molecule has 0 saturated heterocycles. The summed E-state index contributed by atoms with van der Waals surface area (Å²) in [4.78, 5) is 11.8. The van der Waals surface area contributed by atoms with Crippen LogP contribution in [0, 0.1) is 22.0 Å². The highest BCUT2D eigenvalue weighted by molar-refractivity contribution is 7.95. The molecule has 0 unspecified atom stereocenters. The average molecular weight is 379 g/mol. The van der Waals surface area contributed by atoms with Crippen LogP contribution in [0.4, 0.5) is 5.69 Å². The number of hydrogen-bond donors (Lipinski definition) is 2. The maximum absolute atomic E-state index is 11.5. The van der Waals surface area contributed by atoms with Gasteiger partial charge in [0.25, 0.3) is 5.69 Å². The van der Waals surface area contributed by atoms with Crippen LogP contribution in [0.15, 0.2) is 23.1 Å². The van der Waals surface area contributed by atoms with E-state index in [1.807, 2.05) is 6.07 Å². The quantitative estimate of drug-likeness (QED) is 0.470. The van der Waals surface area contributed by atoms with Gasteiger partial charge in [-0.2, -0.15) is 0 Å². The molecular weight excluding hydrogens is 354 g/mol. The number of rotatable bonds is 3. The molecule has 2 aliphatic carbocycles. The zero-order valence-electron chi connectivity index (χ0n) is 14.7. The Labute approximate surface area is 157 Å². The van der Waals surface area contributed by atoms with Crippen molar-refractivity contribution in [3.05, 3.63) is 33.9 Å². The first-order chi connectivity index (χ1) is 12.5. The molecular formula is C19H25NO5S. The van der Waals surface area contributed by atoms with E-state index in [0.717, 1.165) is 69.0 Å². The fraction of sp³-hybridized carbons (Fsp3) is 0.684. The van der Waals surface area contributed by atoms with E-state index in [2.05, 4.69) is 0 Å². The van der Waals surface area contributed by atoms with E-state index < -0.39 is 5.60 Å². The van der Waals surface area contributed by atoms with Crippen LogP contribution < -0.4 is 0 Å². The molecule has 1 heterocycles. The van der Waals surface area contributed by atoms with Crippen molar-refractivity contribution >= 4 is 17.7 Å². The highest BCUT2D eigenvalue weighted by Crippen LogP contribution is 2.60. The number of aliphatic hydroxyl groups is 2. The van der Waals surface area contributed by atoms with E-state index in [1.54, 1.807) is 12.1 Å². The Morgan fingerprint density at radius 3 is 2.04 bits per heavy atom. The van der Waals surface area contributed by atoms with Crippen LogP contribution in [-0.4, -0.2) is 27.3 Å². The van der Waals surface area contributed by atoms with Crippen molar-refractivity contribution < 1.29 is 19.3 Å². The first-order valence-electron chi connectivity index (χ1n) is 9.52. The van der Waals surface area contributed by atoms with Gasteiger partial charge in [-0.05, 0) is 63.2 Å². The van der Waals surface area contributed by atoms with Gasteiger partial charge in [0.2, 0.25) is 0 Å². The molecule has 1 aliphatic heterocycles. The van der Waals surface area contributed by atoms with E-state index in [4.69, 9.17) is 4.18 Å². The molecule has 0 aromatic heterocycles. The monoisotopic (exact) mass is 379 g/mol. The lowest BCUT2D eigenvalue weighted by Crippen LogP contribution is -2.45. The molecule has 2 N–H and O–H groups in total. The van der Waals surface area contributed by atoms with Crippen molar-refractivity contribution in [1.29, 1.82) is 0 Å². The molecule has 0 atom stereocenters. The minimum atomic E-state index is -0.549. The Morgan fingerprint density at radius 1 is 1.00 bits per heavy atom. The van der Waals surface area contributed by atoms with Crippen LogP contribution in [0.2, 0.25) is 0 Å². The molecule has 2 saturated carbocycles. The first-order valence-corrected chi connectivity index (χ1v) is 10.3. The molecule has 0 bridgehead atoms. The summed E-state index contributed by atoms with van der Waals surface area (Å²) in [5, 5.41) is 31.4. The van der Waals surface area contributed by atoms with Gasteiger partial charge in [0.05, 0.1) is 17.1 Å². The summed E-state index contributed by atoms with van der Waals surface area (Å²) < 4.78 is 6.40. The number of hydrogen-bond acceptors (Lipinski definition) is 6. The van der Waals surface area contributed by atoms with Crippen LogP contribution in [-0.2, 0) is 9.78 Å². The van der Waals surface area contributed by atoms with Gasteiger partial charge < -0.3 is 10.2 Å². The average Bonchev–Trinajstić information content (AvgIpc) is 3.03. The maximum Gasteiger partial charge on any atom is 0.285 e. The lowest BCUT2D eigenvalue weighted by atomic mass is 9.63. The van der Waals surface area contributed by atoms with E-state index in [-0.39, 0.29) is 34.7 Å². The molecule has 6 nitrogen and oxygen atoms in total. The molecule has 4 rings (SSSR count). The third kappa shape index (κ3) is 2.95. The molecule has 1 aromatic rings. The zero-order chi connectivity index (χ0) is 18.3. The second-order valence-corrected chi connectivity index (χ2v) is 8.62. The fourth-order valence-electron chi connectivity index (χ4n) is 5.14. The van der Waals surface area contributed by atoms with Crippen LogP contribution in [0.1, 0.15) is 56.9 Å². The molecule has 0 radical (unpaired) electrons. The topological polar surface area (TPSA) is 92.8 Å². The van der Waals surface area contributed by atoms with E-state index in [9.17, 15) is 20.3 Å². The van der Waals surface area contributed by atoms with Gasteiger partial charge >= 0.3 is 0 Å². The van der Waals surface area contributed by atoms with Crippen molar-refractivity contribution in [3.8, 4) is 0 Å². The highest BCUT2D eigenvalue weighted by atomic mass is 32.2. The number of aliphatic hydroxyl groups excluding tert-OH is 2. The van der Waals surface area contributed by atoms with Gasteiger partial charge in [-0.3, -0.25) is 14.3 Å². The second-order valence-electron chi connectivity index (χ2n) is 7.88. The lowest BCUT2D eigenvalue weighted by molar-refractivity contribution is -0.387. The third-order valence-corrected chi connectivity index (χ3v) is 7.44. The Balaban J connectivity index is 1.77. The lowest BCUT2D eigenvalue weighted by Gasteiger charge is -2.46. The minimum Gasteiger partial charge on any atom is -0.393 e. The van der Waals surface area contributed by atoms with Gasteiger partial charge in [0.1, 0.15) is 10.5 Å². The Morgan fingerprint density at radius 2 is 1.54 bits per heavy atom. The van der Waals surface area contributed by atoms with Crippen molar-refractivity contribution in [2.45, 2.75) is 74.1 Å². The molecule has 1 aromatic carbocycles. The summed E-state index contributed by atoms with van der Waals surface area (Å²) in [6.07, 6.45) is 5.95. The van der Waals surface area contributed by atoms with Gasteiger partial charge in [-0.1, -0.05) is 12.1 Å². The normalized spacial score (nSPS) is 37.3. The molecule has 0 amide bonds. The number of nitrogens with zero attached hydrogens (tertiary/aromatic N) is 1. The second kappa shape index (κ2) is 7.11. The van der Waals surface area contributed by atoms with Crippen molar-refractivity contribution in [2.24, 2.45) is 11.8 Å². The van der Waals surface area contributed by atoms with Crippen molar-refractivity contribution in [1.82, 2.24) is 0 Å². The van der Waals surface area contributed by atoms with E-state index >= 15 is 0 Å². The first kappa shape index (κ1) is 18.2. The SMILES string of the molecule is O=[N+]([O-])c1cccc2c1SOC2(C1CCC(O)CC1)C1CCC(O)CC1. The minimum absolute atomic E-state index is 0.112. The number of benzene rings is 1. The number of nitro groups is 1. The smallest absolute Gasteiger partial charge is 0.285 e. The molecule has 3 aliphatic rings.